The van der Waals surface area contributed by atoms with Crippen LogP contribution in [0, 0.1) is 0 Å². The fourth-order valence-corrected chi connectivity index (χ4v) is 12.5. The standard InChI is InChI=1S/C88H63BO18/c90-81(98-48-56-25-9-1-10-26-56)66-43-65(44-67(82(91)99-49-57-27-11-2-12-28-57)74(66)86(95)103-53-61-35-19-6-20-36-61)64-41-42-71-73(45-64)106-78-69(84(93)101-51-59-31-15-4-16-32-59)46-70(85(94)102-52-60-33-17-5-18-34-60)79-77(78)89(71)72-47-68(83(92)100-50-58-29-13-3-14-30-58)75(87(96)104-54-62-37-21-7-22-38-62)76(80(72)107-79)88(97)105-55-63-39-23-8-24-40-63/h1-47H,48-55H2. The number of esters is 8. The van der Waals surface area contributed by atoms with Crippen molar-refractivity contribution in [1.29, 1.82) is 0 Å². The van der Waals surface area contributed by atoms with Gasteiger partial charge in [-0.25, -0.2) is 38.4 Å². The van der Waals surface area contributed by atoms with Gasteiger partial charge < -0.3 is 47.4 Å². The fraction of sp³-hybridized carbons (Fsp3) is 0.0909. The van der Waals surface area contributed by atoms with Crippen molar-refractivity contribution in [3.8, 4) is 34.1 Å². The summed E-state index contributed by atoms with van der Waals surface area (Å²) in [7, 11) is 0. The van der Waals surface area contributed by atoms with Crippen LogP contribution in [0.25, 0.3) is 11.1 Å². The van der Waals surface area contributed by atoms with Crippen LogP contribution in [-0.4, -0.2) is 54.5 Å². The van der Waals surface area contributed by atoms with Crippen molar-refractivity contribution >= 4 is 70.9 Å². The summed E-state index contributed by atoms with van der Waals surface area (Å²) in [6.45, 7) is -3.57. The molecule has 2 aliphatic heterocycles. The molecule has 107 heavy (non-hydrogen) atoms. The lowest BCUT2D eigenvalue weighted by molar-refractivity contribution is 0.0402. The zero-order chi connectivity index (χ0) is 73.6. The Morgan fingerprint density at radius 1 is 0.234 bits per heavy atom. The largest absolute Gasteiger partial charge is 0.457 e. The SMILES string of the molecule is O=C(OCc1ccccc1)c1cc(C(=O)OCc2ccccc2)c2c3c1Oc1cc(-c4cc(C(=O)OCc5ccccc5)c(C(=O)OCc5ccccc5)c(C(=O)OCc5ccccc5)c4)ccc1B3c1cc(C(=O)OCc3ccccc3)c(C(=O)OCc3ccccc3)c(C(=O)OCc3ccccc3)c1O2. The van der Waals surface area contributed by atoms with Gasteiger partial charge in [-0.1, -0.05) is 255 Å². The molecular weight excluding hydrogens is 1360 g/mol. The van der Waals surface area contributed by atoms with Gasteiger partial charge >= 0.3 is 47.8 Å². The molecule has 0 spiro atoms. The molecule has 12 aromatic rings. The topological polar surface area (TPSA) is 229 Å². The first-order chi connectivity index (χ1) is 52.4. The lowest BCUT2D eigenvalue weighted by atomic mass is 9.34. The number of ether oxygens (including phenoxy) is 10. The second kappa shape index (κ2) is 32.6. The van der Waals surface area contributed by atoms with Crippen molar-refractivity contribution in [2.45, 2.75) is 52.9 Å². The highest BCUT2D eigenvalue weighted by molar-refractivity contribution is 6.98. The Kier molecular flexibility index (Phi) is 21.4. The van der Waals surface area contributed by atoms with E-state index in [9.17, 15) is 14.4 Å². The molecule has 526 valence electrons. The molecule has 0 fully saturated rings. The maximum Gasteiger partial charge on any atom is 0.343 e. The summed E-state index contributed by atoms with van der Waals surface area (Å²) in [6.07, 6.45) is 0. The zero-order valence-corrected chi connectivity index (χ0v) is 57.2. The van der Waals surface area contributed by atoms with Gasteiger partial charge in [0.05, 0.1) is 27.8 Å². The van der Waals surface area contributed by atoms with E-state index >= 15 is 24.0 Å². The van der Waals surface area contributed by atoms with Crippen molar-refractivity contribution in [2.24, 2.45) is 0 Å². The predicted molar refractivity (Wildman–Crippen MR) is 394 cm³/mol. The van der Waals surface area contributed by atoms with Gasteiger partial charge in [0.15, 0.2) is 0 Å². The molecule has 0 aromatic heterocycles. The minimum Gasteiger partial charge on any atom is -0.457 e. The van der Waals surface area contributed by atoms with E-state index in [4.69, 9.17) is 47.4 Å². The van der Waals surface area contributed by atoms with Crippen LogP contribution in [0.2, 0.25) is 0 Å². The molecule has 14 rings (SSSR count). The van der Waals surface area contributed by atoms with E-state index < -0.39 is 76.7 Å². The van der Waals surface area contributed by atoms with Crippen LogP contribution in [0.5, 0.6) is 23.0 Å². The molecule has 0 saturated heterocycles. The highest BCUT2D eigenvalue weighted by atomic mass is 16.6. The van der Waals surface area contributed by atoms with Gasteiger partial charge in [0, 0.05) is 5.46 Å². The second-order valence-corrected chi connectivity index (χ2v) is 25.0. The number of benzene rings is 12. The van der Waals surface area contributed by atoms with Crippen LogP contribution >= 0.6 is 0 Å². The van der Waals surface area contributed by atoms with Gasteiger partial charge in [0.25, 0.3) is 6.71 Å². The highest BCUT2D eigenvalue weighted by Gasteiger charge is 2.48. The van der Waals surface area contributed by atoms with E-state index in [1.54, 1.807) is 261 Å². The molecule has 19 heteroatoms. The number of rotatable bonds is 25. The molecule has 2 aliphatic rings. The summed E-state index contributed by atoms with van der Waals surface area (Å²) in [4.78, 5) is 122. The Balaban J connectivity index is 0.992. The van der Waals surface area contributed by atoms with Crippen LogP contribution in [0.1, 0.15) is 127 Å². The highest BCUT2D eigenvalue weighted by Crippen LogP contribution is 2.44. The summed E-state index contributed by atoms with van der Waals surface area (Å²) in [6, 6.07) is 80.5. The third-order valence-corrected chi connectivity index (χ3v) is 17.8. The number of carbonyl (C=O) groups excluding carboxylic acids is 8. The average molecular weight is 1420 g/mol. The quantitative estimate of drug-likeness (QED) is 0.0294. The fourth-order valence-electron chi connectivity index (χ4n) is 12.5. The third kappa shape index (κ3) is 16.1. The van der Waals surface area contributed by atoms with Crippen molar-refractivity contribution in [1.82, 2.24) is 0 Å². The summed E-state index contributed by atoms with van der Waals surface area (Å²) in [5.74, 6) is -9.38. The Morgan fingerprint density at radius 2 is 0.514 bits per heavy atom. The lowest BCUT2D eigenvalue weighted by Gasteiger charge is -2.36. The molecule has 18 nitrogen and oxygen atoms in total. The number of fused-ring (bicyclic) bond motifs is 4. The summed E-state index contributed by atoms with van der Waals surface area (Å²) in [5, 5.41) is 0. The predicted octanol–water partition coefficient (Wildman–Crippen LogP) is 14.9. The van der Waals surface area contributed by atoms with Crippen molar-refractivity contribution in [3.05, 3.63) is 374 Å². The van der Waals surface area contributed by atoms with Gasteiger partial charge in [-0.05, 0) is 96.9 Å². The molecule has 12 aromatic carbocycles. The van der Waals surface area contributed by atoms with E-state index in [2.05, 4.69) is 0 Å². The van der Waals surface area contributed by atoms with E-state index in [1.807, 2.05) is 0 Å². The van der Waals surface area contributed by atoms with E-state index in [0.29, 0.717) is 44.5 Å². The van der Waals surface area contributed by atoms with Gasteiger partial charge in [-0.3, -0.25) is 0 Å². The minimum atomic E-state index is -1.35. The molecule has 2 heterocycles. The van der Waals surface area contributed by atoms with Crippen LogP contribution in [0.15, 0.2) is 285 Å². The Labute approximate surface area is 614 Å². The van der Waals surface area contributed by atoms with Gasteiger partial charge in [0.1, 0.15) is 92.5 Å². The van der Waals surface area contributed by atoms with Gasteiger partial charge in [-0.2, -0.15) is 0 Å². The Morgan fingerprint density at radius 3 is 0.850 bits per heavy atom. The normalized spacial score (nSPS) is 11.3. The van der Waals surface area contributed by atoms with Crippen LogP contribution in [0.3, 0.4) is 0 Å². The Bertz CT molecular complexity index is 5240. The lowest BCUT2D eigenvalue weighted by Crippen LogP contribution is -2.58. The van der Waals surface area contributed by atoms with Crippen LogP contribution in [0.4, 0.5) is 0 Å². The van der Waals surface area contributed by atoms with E-state index in [1.165, 1.54) is 24.3 Å². The van der Waals surface area contributed by atoms with Crippen LogP contribution in [-0.2, 0) is 90.7 Å². The van der Waals surface area contributed by atoms with E-state index in [0.717, 1.165) is 0 Å². The van der Waals surface area contributed by atoms with Crippen LogP contribution < -0.4 is 25.9 Å². The molecule has 0 radical (unpaired) electrons. The number of hydrogen-bond acceptors (Lipinski definition) is 18. The summed E-state index contributed by atoms with van der Waals surface area (Å²) >= 11 is 0. The zero-order valence-electron chi connectivity index (χ0n) is 57.2. The molecule has 0 saturated carbocycles. The molecule has 0 unspecified atom stereocenters. The average Bonchev–Trinajstić information content (AvgIpc) is 0.699. The molecular formula is C88H63BO18. The smallest absolute Gasteiger partial charge is 0.343 e. The van der Waals surface area contributed by atoms with Gasteiger partial charge in [0.2, 0.25) is 0 Å². The van der Waals surface area contributed by atoms with Crippen molar-refractivity contribution in [2.75, 3.05) is 0 Å². The molecule has 0 amide bonds. The first-order valence-corrected chi connectivity index (χ1v) is 34.2. The number of carbonyl (C=O) groups is 8. The monoisotopic (exact) mass is 1420 g/mol. The first-order valence-electron chi connectivity index (χ1n) is 34.2. The number of hydrogen-bond donors (Lipinski definition) is 0. The van der Waals surface area contributed by atoms with Gasteiger partial charge in [-0.15, -0.1) is 0 Å². The molecule has 0 atom stereocenters. The second-order valence-electron chi connectivity index (χ2n) is 25.0. The minimum absolute atomic E-state index is 0.00218. The maximum absolute atomic E-state index is 15.7. The molecule has 0 bridgehead atoms. The first kappa shape index (κ1) is 70.1. The maximum atomic E-state index is 15.7. The summed E-state index contributed by atoms with van der Waals surface area (Å²) in [5.41, 5.74) is 1.82. The summed E-state index contributed by atoms with van der Waals surface area (Å²) < 4.78 is 62.3. The van der Waals surface area contributed by atoms with E-state index in [-0.39, 0.29) is 126 Å². The van der Waals surface area contributed by atoms with Crippen molar-refractivity contribution in [3.63, 3.8) is 0 Å². The third-order valence-electron chi connectivity index (χ3n) is 17.8. The van der Waals surface area contributed by atoms with Crippen molar-refractivity contribution < 1.29 is 85.7 Å². The molecule has 0 N–H and O–H groups in total. The molecule has 0 aliphatic carbocycles. The Hall–Kier alpha value is -13.9.